The van der Waals surface area contributed by atoms with Crippen molar-refractivity contribution < 1.29 is 32.6 Å². The third-order valence-corrected chi connectivity index (χ3v) is 9.63. The van der Waals surface area contributed by atoms with Crippen molar-refractivity contribution >= 4 is 39.4 Å². The summed E-state index contributed by atoms with van der Waals surface area (Å²) in [5, 5.41) is 12.8. The van der Waals surface area contributed by atoms with E-state index in [2.05, 4.69) is 10.3 Å². The molecular formula is C32H35ClN4O7S. The Hall–Kier alpha value is -3.97. The standard InChI is InChI=1S/C32H35ClN4O7S/c1-32(2,3)37(31(39)40)28-10-4-21(19-34-28)20-35-29(38)11-7-25-17-24-16-23(18-27(33)30(24)44-25)22-5-8-26(9-6-22)45(41,42)36-12-14-43-15-13-36/h4-11,16,18-19,25H,12-15,17,20H2,1-3H3,(H,35,38)(H,39,40)/b11-7+. The number of sulfonamides is 1. The zero-order valence-electron chi connectivity index (χ0n) is 25.2. The van der Waals surface area contributed by atoms with Gasteiger partial charge < -0.3 is 19.9 Å². The van der Waals surface area contributed by atoms with Crippen molar-refractivity contribution in [3.63, 3.8) is 0 Å². The molecule has 11 nitrogen and oxygen atoms in total. The van der Waals surface area contributed by atoms with Crippen molar-refractivity contribution in [3.05, 3.63) is 83.0 Å². The Morgan fingerprint density at radius 1 is 1.11 bits per heavy atom. The monoisotopic (exact) mass is 654 g/mol. The molecule has 238 valence electrons. The lowest BCUT2D eigenvalue weighted by Gasteiger charge is -2.32. The molecule has 1 atom stereocenters. The Balaban J connectivity index is 1.18. The summed E-state index contributed by atoms with van der Waals surface area (Å²) in [6, 6.07) is 13.8. The van der Waals surface area contributed by atoms with Crippen LogP contribution >= 0.6 is 11.6 Å². The van der Waals surface area contributed by atoms with Crippen molar-refractivity contribution in [1.29, 1.82) is 0 Å². The highest BCUT2D eigenvalue weighted by Crippen LogP contribution is 2.40. The molecule has 2 aromatic carbocycles. The Morgan fingerprint density at radius 3 is 2.44 bits per heavy atom. The minimum Gasteiger partial charge on any atom is -0.484 e. The first-order valence-electron chi connectivity index (χ1n) is 14.4. The number of benzene rings is 2. The number of halogens is 1. The van der Waals surface area contributed by atoms with E-state index in [0.717, 1.165) is 22.3 Å². The minimum atomic E-state index is -3.59. The number of carbonyl (C=O) groups is 2. The van der Waals surface area contributed by atoms with Gasteiger partial charge in [0.2, 0.25) is 15.9 Å². The second-order valence-electron chi connectivity index (χ2n) is 11.7. The van der Waals surface area contributed by atoms with Crippen LogP contribution in [-0.2, 0) is 32.5 Å². The van der Waals surface area contributed by atoms with Gasteiger partial charge in [-0.25, -0.2) is 18.2 Å². The number of morpholine rings is 1. The quantitative estimate of drug-likeness (QED) is 0.328. The Labute approximate surface area is 267 Å². The van der Waals surface area contributed by atoms with Crippen LogP contribution in [0.4, 0.5) is 10.6 Å². The van der Waals surface area contributed by atoms with Crippen LogP contribution in [-0.4, -0.2) is 72.8 Å². The van der Waals surface area contributed by atoms with E-state index < -0.39 is 21.7 Å². The van der Waals surface area contributed by atoms with Gasteiger partial charge in [-0.05, 0) is 73.9 Å². The number of fused-ring (bicyclic) bond motifs is 1. The summed E-state index contributed by atoms with van der Waals surface area (Å²) < 4.78 is 38.6. The average Bonchev–Trinajstić information content (AvgIpc) is 3.43. The van der Waals surface area contributed by atoms with E-state index in [1.807, 2.05) is 6.07 Å². The molecule has 0 bridgehead atoms. The highest BCUT2D eigenvalue weighted by atomic mass is 35.5. The molecule has 1 aromatic heterocycles. The number of amides is 2. The van der Waals surface area contributed by atoms with Crippen molar-refractivity contribution in [2.24, 2.45) is 0 Å². The van der Waals surface area contributed by atoms with Gasteiger partial charge in [0.15, 0.2) is 0 Å². The summed E-state index contributed by atoms with van der Waals surface area (Å²) >= 11 is 6.56. The number of nitrogens with zero attached hydrogens (tertiary/aromatic N) is 3. The maximum absolute atomic E-state index is 13.0. The lowest BCUT2D eigenvalue weighted by Crippen LogP contribution is -2.45. The summed E-state index contributed by atoms with van der Waals surface area (Å²) in [7, 11) is -3.59. The van der Waals surface area contributed by atoms with Crippen LogP contribution in [0.5, 0.6) is 5.75 Å². The lowest BCUT2D eigenvalue weighted by molar-refractivity contribution is -0.116. The smallest absolute Gasteiger partial charge is 0.413 e. The van der Waals surface area contributed by atoms with Crippen LogP contribution in [0.15, 0.2) is 71.8 Å². The summed E-state index contributed by atoms with van der Waals surface area (Å²) in [5.74, 6) is 0.539. The summed E-state index contributed by atoms with van der Waals surface area (Å²) in [4.78, 5) is 29.8. The molecule has 3 heterocycles. The fraction of sp³-hybridized carbons (Fsp3) is 0.344. The predicted molar refractivity (Wildman–Crippen MR) is 170 cm³/mol. The predicted octanol–water partition coefficient (Wildman–Crippen LogP) is 4.88. The number of ether oxygens (including phenoxy) is 2. The summed E-state index contributed by atoms with van der Waals surface area (Å²) in [5.41, 5.74) is 2.58. The van der Waals surface area contributed by atoms with E-state index >= 15 is 0 Å². The van der Waals surface area contributed by atoms with E-state index in [1.54, 1.807) is 69.3 Å². The highest BCUT2D eigenvalue weighted by Gasteiger charge is 2.29. The van der Waals surface area contributed by atoms with Crippen molar-refractivity contribution in [2.45, 2.75) is 50.3 Å². The fourth-order valence-corrected chi connectivity index (χ4v) is 6.89. The van der Waals surface area contributed by atoms with Gasteiger partial charge in [-0.1, -0.05) is 29.8 Å². The van der Waals surface area contributed by atoms with Gasteiger partial charge in [-0.3, -0.25) is 9.69 Å². The molecule has 3 aromatic rings. The van der Waals surface area contributed by atoms with Gasteiger partial charge in [0.05, 0.1) is 23.1 Å². The lowest BCUT2D eigenvalue weighted by atomic mass is 10.0. The number of hydrogen-bond donors (Lipinski definition) is 2. The average molecular weight is 655 g/mol. The largest absolute Gasteiger partial charge is 0.484 e. The Morgan fingerprint density at radius 2 is 1.82 bits per heavy atom. The molecule has 45 heavy (non-hydrogen) atoms. The van der Waals surface area contributed by atoms with Gasteiger partial charge in [0.1, 0.15) is 17.7 Å². The minimum absolute atomic E-state index is 0.215. The van der Waals surface area contributed by atoms with Crippen LogP contribution in [0.1, 0.15) is 31.9 Å². The van der Waals surface area contributed by atoms with Crippen molar-refractivity contribution in [1.82, 2.24) is 14.6 Å². The van der Waals surface area contributed by atoms with Gasteiger partial charge in [-0.15, -0.1) is 0 Å². The first kappa shape index (κ1) is 32.4. The highest BCUT2D eigenvalue weighted by molar-refractivity contribution is 7.89. The van der Waals surface area contributed by atoms with Crippen molar-refractivity contribution in [3.8, 4) is 16.9 Å². The maximum atomic E-state index is 13.0. The summed E-state index contributed by atoms with van der Waals surface area (Å²) in [6.07, 6.45) is 3.64. The van der Waals surface area contributed by atoms with Crippen LogP contribution in [0.3, 0.4) is 0 Å². The van der Waals surface area contributed by atoms with Gasteiger partial charge in [0.25, 0.3) is 0 Å². The molecular weight excluding hydrogens is 620 g/mol. The molecule has 1 unspecified atom stereocenters. The number of carbonyl (C=O) groups excluding carboxylic acids is 1. The first-order chi connectivity index (χ1) is 21.3. The molecule has 2 N–H and O–H groups in total. The summed E-state index contributed by atoms with van der Waals surface area (Å²) in [6.45, 7) is 7.00. The van der Waals surface area contributed by atoms with Gasteiger partial charge in [-0.2, -0.15) is 4.31 Å². The van der Waals surface area contributed by atoms with Crippen LogP contribution in [0.2, 0.25) is 5.02 Å². The van der Waals surface area contributed by atoms with Gasteiger partial charge >= 0.3 is 6.09 Å². The van der Waals surface area contributed by atoms with Crippen LogP contribution in [0, 0.1) is 0 Å². The molecule has 0 spiro atoms. The topological polar surface area (TPSA) is 138 Å². The molecule has 0 aliphatic carbocycles. The zero-order valence-corrected chi connectivity index (χ0v) is 26.8. The SMILES string of the molecule is CC(C)(C)N(C(=O)O)c1ccc(CNC(=O)/C=C/C2Cc3cc(-c4ccc(S(=O)(=O)N5CCOCC5)cc4)cc(Cl)c3O2)cn1. The number of carboxylic acid groups (broad SMARTS) is 1. The molecule has 5 rings (SSSR count). The fourth-order valence-electron chi connectivity index (χ4n) is 5.20. The number of hydrogen-bond acceptors (Lipinski definition) is 7. The number of nitrogens with one attached hydrogen (secondary N) is 1. The molecule has 0 radical (unpaired) electrons. The molecule has 1 saturated heterocycles. The molecule has 13 heteroatoms. The Bertz CT molecular complexity index is 1700. The third kappa shape index (κ3) is 7.47. The van der Waals surface area contributed by atoms with Crippen LogP contribution in [0.25, 0.3) is 11.1 Å². The van der Waals surface area contributed by atoms with E-state index in [9.17, 15) is 23.1 Å². The molecule has 2 amide bonds. The normalized spacial score (nSPS) is 17.1. The number of rotatable bonds is 8. The maximum Gasteiger partial charge on any atom is 0.413 e. The second-order valence-corrected chi connectivity index (χ2v) is 14.1. The molecule has 2 aliphatic heterocycles. The number of pyridine rings is 1. The molecule has 0 saturated carbocycles. The zero-order chi connectivity index (χ0) is 32.4. The Kier molecular flexibility index (Phi) is 9.49. The van der Waals surface area contributed by atoms with E-state index in [-0.39, 0.29) is 23.5 Å². The van der Waals surface area contributed by atoms with Crippen molar-refractivity contribution in [2.75, 3.05) is 31.2 Å². The van der Waals surface area contributed by atoms with E-state index in [0.29, 0.717) is 49.3 Å². The van der Waals surface area contributed by atoms with E-state index in [1.165, 1.54) is 21.5 Å². The van der Waals surface area contributed by atoms with E-state index in [4.69, 9.17) is 21.1 Å². The first-order valence-corrected chi connectivity index (χ1v) is 16.3. The van der Waals surface area contributed by atoms with Crippen LogP contribution < -0.4 is 15.0 Å². The second kappa shape index (κ2) is 13.2. The third-order valence-electron chi connectivity index (χ3n) is 7.44. The van der Waals surface area contributed by atoms with Gasteiger partial charge in [0, 0.05) is 49.4 Å². The molecule has 1 fully saturated rings. The number of anilines is 1. The number of aromatic nitrogens is 1. The molecule has 2 aliphatic rings.